The van der Waals surface area contributed by atoms with E-state index in [0.717, 1.165) is 11.8 Å². The Bertz CT molecular complexity index is 303. The van der Waals surface area contributed by atoms with Crippen LogP contribution < -0.4 is 0 Å². The van der Waals surface area contributed by atoms with E-state index in [1.165, 1.54) is 5.56 Å². The summed E-state index contributed by atoms with van der Waals surface area (Å²) >= 11 is 0. The average Bonchev–Trinajstić information content (AvgIpc) is 2.15. The second kappa shape index (κ2) is 3.95. The Morgan fingerprint density at radius 1 is 1.14 bits per heavy atom. The van der Waals surface area contributed by atoms with Gasteiger partial charge in [-0.1, -0.05) is 52.0 Å². The van der Waals surface area contributed by atoms with E-state index in [0.29, 0.717) is 0 Å². The summed E-state index contributed by atoms with van der Waals surface area (Å²) in [6.07, 6.45) is 0.978. The first-order valence-corrected chi connectivity index (χ1v) is 5.01. The van der Waals surface area contributed by atoms with Gasteiger partial charge < -0.3 is 4.79 Å². The highest BCUT2D eigenvalue weighted by Gasteiger charge is 2.13. The molecule has 1 aromatic rings. The zero-order valence-corrected chi connectivity index (χ0v) is 9.37. The van der Waals surface area contributed by atoms with Gasteiger partial charge in [0.2, 0.25) is 0 Å². The van der Waals surface area contributed by atoms with Gasteiger partial charge in [-0.25, -0.2) is 0 Å². The number of hydrogen-bond acceptors (Lipinski definition) is 1. The third kappa shape index (κ3) is 2.44. The summed E-state index contributed by atoms with van der Waals surface area (Å²) < 4.78 is 0. The van der Waals surface area contributed by atoms with Gasteiger partial charge in [0.05, 0.1) is 0 Å². The molecule has 0 radical (unpaired) electrons. The van der Waals surface area contributed by atoms with Crippen molar-refractivity contribution in [2.75, 3.05) is 0 Å². The molecular weight excluding hydrogens is 172 g/mol. The third-order valence-electron chi connectivity index (χ3n) is 2.51. The van der Waals surface area contributed by atoms with Crippen LogP contribution in [-0.4, -0.2) is 6.29 Å². The second-order valence-corrected chi connectivity index (χ2v) is 4.80. The van der Waals surface area contributed by atoms with E-state index in [4.69, 9.17) is 0 Å². The molecule has 0 aliphatic heterocycles. The van der Waals surface area contributed by atoms with Crippen molar-refractivity contribution in [2.45, 2.75) is 39.0 Å². The molecule has 1 heteroatoms. The van der Waals surface area contributed by atoms with Gasteiger partial charge in [-0.3, -0.25) is 0 Å². The topological polar surface area (TPSA) is 17.1 Å². The van der Waals surface area contributed by atoms with Crippen molar-refractivity contribution in [3.63, 3.8) is 0 Å². The Hall–Kier alpha value is -1.11. The largest absolute Gasteiger partial charge is 0.303 e. The van der Waals surface area contributed by atoms with E-state index < -0.39 is 0 Å². The highest BCUT2D eigenvalue weighted by molar-refractivity contribution is 5.61. The van der Waals surface area contributed by atoms with E-state index in [1.54, 1.807) is 0 Å². The Morgan fingerprint density at radius 2 is 1.64 bits per heavy atom. The summed E-state index contributed by atoms with van der Waals surface area (Å²) in [5.74, 6) is 0.00372. The van der Waals surface area contributed by atoms with Crippen LogP contribution in [0.2, 0.25) is 0 Å². The fraction of sp³-hybridized carbons (Fsp3) is 0.462. The van der Waals surface area contributed by atoms with Gasteiger partial charge in [0.15, 0.2) is 0 Å². The molecule has 0 fully saturated rings. The summed E-state index contributed by atoms with van der Waals surface area (Å²) in [6.45, 7) is 8.47. The van der Waals surface area contributed by atoms with Gasteiger partial charge in [-0.15, -0.1) is 0 Å². The first-order chi connectivity index (χ1) is 6.45. The molecule has 0 saturated carbocycles. The summed E-state index contributed by atoms with van der Waals surface area (Å²) in [7, 11) is 0. The van der Waals surface area contributed by atoms with Crippen LogP contribution in [0.15, 0.2) is 24.3 Å². The van der Waals surface area contributed by atoms with Gasteiger partial charge in [-0.2, -0.15) is 0 Å². The molecular formula is C13H18O. The number of hydrogen-bond donors (Lipinski definition) is 0. The molecule has 1 aromatic carbocycles. The maximum absolute atomic E-state index is 10.6. The molecule has 76 valence electrons. The van der Waals surface area contributed by atoms with E-state index in [-0.39, 0.29) is 11.3 Å². The smallest absolute Gasteiger partial charge is 0.127 e. The summed E-state index contributed by atoms with van der Waals surface area (Å²) in [6, 6.07) is 8.30. The lowest BCUT2D eigenvalue weighted by atomic mass is 9.86. The summed E-state index contributed by atoms with van der Waals surface area (Å²) in [4.78, 5) is 10.6. The van der Waals surface area contributed by atoms with Crippen molar-refractivity contribution in [2.24, 2.45) is 0 Å². The van der Waals surface area contributed by atoms with Crippen LogP contribution in [-0.2, 0) is 10.2 Å². The second-order valence-electron chi connectivity index (χ2n) is 4.80. The van der Waals surface area contributed by atoms with Gasteiger partial charge in [0, 0.05) is 5.92 Å². The molecule has 0 saturated heterocycles. The van der Waals surface area contributed by atoms with E-state index in [2.05, 4.69) is 32.9 Å². The molecule has 0 amide bonds. The fourth-order valence-electron chi connectivity index (χ4n) is 1.37. The van der Waals surface area contributed by atoms with Gasteiger partial charge in [-0.05, 0) is 16.5 Å². The minimum absolute atomic E-state index is 0.00372. The lowest BCUT2D eigenvalue weighted by Gasteiger charge is -2.19. The van der Waals surface area contributed by atoms with Crippen LogP contribution in [0.25, 0.3) is 0 Å². The molecule has 0 aliphatic carbocycles. The Morgan fingerprint density at radius 3 is 2.00 bits per heavy atom. The maximum Gasteiger partial charge on any atom is 0.127 e. The molecule has 0 heterocycles. The summed E-state index contributed by atoms with van der Waals surface area (Å²) in [5.41, 5.74) is 2.58. The van der Waals surface area contributed by atoms with Gasteiger partial charge in [0.1, 0.15) is 6.29 Å². The van der Waals surface area contributed by atoms with Crippen molar-refractivity contribution in [3.8, 4) is 0 Å². The van der Waals surface area contributed by atoms with Crippen LogP contribution in [0.5, 0.6) is 0 Å². The van der Waals surface area contributed by atoms with Crippen LogP contribution in [0.4, 0.5) is 0 Å². The van der Waals surface area contributed by atoms with E-state index in [9.17, 15) is 4.79 Å². The molecule has 0 unspecified atom stereocenters. The van der Waals surface area contributed by atoms with Gasteiger partial charge in [0.25, 0.3) is 0 Å². The van der Waals surface area contributed by atoms with Crippen molar-refractivity contribution in [3.05, 3.63) is 35.4 Å². The SMILES string of the molecule is C[C@@H](C=O)c1ccc(C(C)(C)C)cc1. The Kier molecular flexibility index (Phi) is 3.10. The number of carbonyl (C=O) groups excluding carboxylic acids is 1. The molecule has 14 heavy (non-hydrogen) atoms. The standard InChI is InChI=1S/C13H18O/c1-10(9-14)11-5-7-12(8-6-11)13(2,3)4/h5-10H,1-4H3/t10-/m0/s1. The lowest BCUT2D eigenvalue weighted by molar-refractivity contribution is -0.108. The van der Waals surface area contributed by atoms with Crippen LogP contribution in [0, 0.1) is 0 Å². The predicted molar refractivity (Wildman–Crippen MR) is 59.6 cm³/mol. The van der Waals surface area contributed by atoms with Gasteiger partial charge >= 0.3 is 0 Å². The highest BCUT2D eigenvalue weighted by atomic mass is 16.1. The average molecular weight is 190 g/mol. The van der Waals surface area contributed by atoms with E-state index in [1.807, 2.05) is 19.1 Å². The van der Waals surface area contributed by atoms with Crippen LogP contribution in [0.1, 0.15) is 44.7 Å². The first-order valence-electron chi connectivity index (χ1n) is 5.01. The predicted octanol–water partition coefficient (Wildman–Crippen LogP) is 3.29. The molecule has 1 atom stereocenters. The number of benzene rings is 1. The Labute approximate surface area is 86.1 Å². The highest BCUT2D eigenvalue weighted by Crippen LogP contribution is 2.23. The number of rotatable bonds is 2. The van der Waals surface area contributed by atoms with Crippen molar-refractivity contribution < 1.29 is 4.79 Å². The zero-order valence-electron chi connectivity index (χ0n) is 9.37. The lowest BCUT2D eigenvalue weighted by Crippen LogP contribution is -2.10. The van der Waals surface area contributed by atoms with Crippen molar-refractivity contribution in [1.82, 2.24) is 0 Å². The minimum atomic E-state index is 0.00372. The van der Waals surface area contributed by atoms with Crippen LogP contribution >= 0.6 is 0 Å². The molecule has 0 N–H and O–H groups in total. The van der Waals surface area contributed by atoms with Crippen LogP contribution in [0.3, 0.4) is 0 Å². The van der Waals surface area contributed by atoms with Crippen molar-refractivity contribution >= 4 is 6.29 Å². The van der Waals surface area contributed by atoms with E-state index >= 15 is 0 Å². The first kappa shape index (κ1) is 11.0. The Balaban J connectivity index is 2.95. The fourth-order valence-corrected chi connectivity index (χ4v) is 1.37. The molecule has 1 rings (SSSR count). The number of carbonyl (C=O) groups is 1. The minimum Gasteiger partial charge on any atom is -0.303 e. The monoisotopic (exact) mass is 190 g/mol. The molecule has 0 spiro atoms. The quantitative estimate of drug-likeness (QED) is 0.654. The normalized spacial score (nSPS) is 13.7. The van der Waals surface area contributed by atoms with Crippen molar-refractivity contribution in [1.29, 1.82) is 0 Å². The molecule has 1 nitrogen and oxygen atoms in total. The third-order valence-corrected chi connectivity index (χ3v) is 2.51. The molecule has 0 aliphatic rings. The molecule has 0 aromatic heterocycles. The molecule has 0 bridgehead atoms. The zero-order chi connectivity index (χ0) is 10.8. The maximum atomic E-state index is 10.6. The summed E-state index contributed by atoms with van der Waals surface area (Å²) in [5, 5.41) is 0. The number of aldehydes is 1.